The molecule has 2 heterocycles. The van der Waals surface area contributed by atoms with E-state index in [2.05, 4.69) is 20.6 Å². The summed E-state index contributed by atoms with van der Waals surface area (Å²) in [5.74, 6) is -0.486. The number of aromatic nitrogens is 2. The van der Waals surface area contributed by atoms with E-state index in [1.807, 2.05) is 24.3 Å². The molecule has 7 nitrogen and oxygen atoms in total. The summed E-state index contributed by atoms with van der Waals surface area (Å²) in [6.07, 6.45) is 2.72. The van der Waals surface area contributed by atoms with Crippen LogP contribution in [0.25, 0.3) is 11.0 Å². The molecule has 1 aliphatic heterocycles. The summed E-state index contributed by atoms with van der Waals surface area (Å²) in [4.78, 5) is 33.0. The summed E-state index contributed by atoms with van der Waals surface area (Å²) in [6.45, 7) is 0.626. The van der Waals surface area contributed by atoms with Gasteiger partial charge in [0.25, 0.3) is 11.8 Å². The number of anilines is 2. The van der Waals surface area contributed by atoms with E-state index in [1.54, 1.807) is 24.3 Å². The number of carbonyl (C=O) groups is 2. The molecule has 1 fully saturated rings. The standard InChI is InChI=1S/C20H18N4O3/c25-19(17-12-21-15-4-1-2-5-16(15)24-17)22-13-7-9-14(10-8-13)23-20(26)18-6-3-11-27-18/h1-2,4-5,7-10,12,18H,3,6,11H2,(H,22,25)(H,23,26)/t18-/m0/s1. The lowest BCUT2D eigenvalue weighted by Crippen LogP contribution is -2.26. The van der Waals surface area contributed by atoms with Crippen LogP contribution in [0.15, 0.2) is 54.7 Å². The fraction of sp³-hybridized carbons (Fsp3) is 0.200. The van der Waals surface area contributed by atoms with Crippen molar-refractivity contribution in [1.82, 2.24) is 9.97 Å². The number of fused-ring (bicyclic) bond motifs is 1. The molecule has 1 saturated heterocycles. The van der Waals surface area contributed by atoms with Crippen LogP contribution in [0.5, 0.6) is 0 Å². The maximum Gasteiger partial charge on any atom is 0.275 e. The Morgan fingerprint density at radius 3 is 2.37 bits per heavy atom. The minimum atomic E-state index is -0.379. The van der Waals surface area contributed by atoms with Gasteiger partial charge in [-0.15, -0.1) is 0 Å². The Kier molecular flexibility index (Phi) is 4.76. The van der Waals surface area contributed by atoms with Crippen LogP contribution in [0.4, 0.5) is 11.4 Å². The van der Waals surface area contributed by atoms with Crippen LogP contribution < -0.4 is 10.6 Å². The van der Waals surface area contributed by atoms with Gasteiger partial charge in [0, 0.05) is 18.0 Å². The van der Waals surface area contributed by atoms with Crippen molar-refractivity contribution in [2.75, 3.05) is 17.2 Å². The Hall–Kier alpha value is -3.32. The van der Waals surface area contributed by atoms with Gasteiger partial charge in [0.15, 0.2) is 0 Å². The number of nitrogens with zero attached hydrogens (tertiary/aromatic N) is 2. The van der Waals surface area contributed by atoms with Gasteiger partial charge in [0.05, 0.1) is 17.2 Å². The lowest BCUT2D eigenvalue weighted by atomic mass is 10.2. The molecule has 7 heteroatoms. The fourth-order valence-corrected chi connectivity index (χ4v) is 2.91. The predicted octanol–water partition coefficient (Wildman–Crippen LogP) is 3.00. The summed E-state index contributed by atoms with van der Waals surface area (Å²) in [5.41, 5.74) is 2.89. The predicted molar refractivity (Wildman–Crippen MR) is 102 cm³/mol. The lowest BCUT2D eigenvalue weighted by molar-refractivity contribution is -0.124. The van der Waals surface area contributed by atoms with Crippen molar-refractivity contribution < 1.29 is 14.3 Å². The van der Waals surface area contributed by atoms with Crippen molar-refractivity contribution in [2.45, 2.75) is 18.9 Å². The molecule has 0 saturated carbocycles. The van der Waals surface area contributed by atoms with Crippen LogP contribution in [0, 0.1) is 0 Å². The second-order valence-electron chi connectivity index (χ2n) is 6.27. The van der Waals surface area contributed by atoms with Crippen LogP contribution >= 0.6 is 0 Å². The average molecular weight is 362 g/mol. The number of rotatable bonds is 4. The minimum absolute atomic E-state index is 0.143. The first-order valence-electron chi connectivity index (χ1n) is 8.75. The largest absolute Gasteiger partial charge is 0.368 e. The molecule has 4 rings (SSSR count). The highest BCUT2D eigenvalue weighted by Gasteiger charge is 2.23. The molecule has 2 amide bonds. The molecule has 1 aliphatic rings. The SMILES string of the molecule is O=C(Nc1ccc(NC(=O)[C@@H]2CCCO2)cc1)c1cnc2ccccc2n1. The van der Waals surface area contributed by atoms with Gasteiger partial charge in [0.2, 0.25) is 0 Å². The first-order valence-corrected chi connectivity index (χ1v) is 8.75. The van der Waals surface area contributed by atoms with E-state index >= 15 is 0 Å². The maximum absolute atomic E-state index is 12.4. The summed E-state index contributed by atoms with van der Waals surface area (Å²) in [5, 5.41) is 5.60. The molecule has 1 aromatic heterocycles. The number of nitrogens with one attached hydrogen (secondary N) is 2. The quantitative estimate of drug-likeness (QED) is 0.744. The van der Waals surface area contributed by atoms with Crippen LogP contribution in [0.3, 0.4) is 0 Å². The van der Waals surface area contributed by atoms with Crippen molar-refractivity contribution >= 4 is 34.2 Å². The third-order valence-corrected chi connectivity index (χ3v) is 4.31. The molecule has 0 bridgehead atoms. The number of hydrogen-bond acceptors (Lipinski definition) is 5. The number of hydrogen-bond donors (Lipinski definition) is 2. The Morgan fingerprint density at radius 1 is 0.963 bits per heavy atom. The van der Waals surface area contributed by atoms with Gasteiger partial charge in [-0.3, -0.25) is 14.6 Å². The normalized spacial score (nSPS) is 16.2. The topological polar surface area (TPSA) is 93.2 Å². The van der Waals surface area contributed by atoms with E-state index in [1.165, 1.54) is 6.20 Å². The Balaban J connectivity index is 1.41. The highest BCUT2D eigenvalue weighted by atomic mass is 16.5. The van der Waals surface area contributed by atoms with E-state index < -0.39 is 0 Å². The van der Waals surface area contributed by atoms with Gasteiger partial charge in [-0.1, -0.05) is 12.1 Å². The van der Waals surface area contributed by atoms with Crippen LogP contribution in [-0.2, 0) is 9.53 Å². The van der Waals surface area contributed by atoms with Gasteiger partial charge in [-0.05, 0) is 49.2 Å². The fourth-order valence-electron chi connectivity index (χ4n) is 2.91. The number of para-hydroxylation sites is 2. The lowest BCUT2D eigenvalue weighted by Gasteiger charge is -2.11. The van der Waals surface area contributed by atoms with Crippen molar-refractivity contribution in [3.8, 4) is 0 Å². The zero-order valence-electron chi connectivity index (χ0n) is 14.5. The Labute approximate surface area is 155 Å². The first-order chi connectivity index (χ1) is 13.2. The van der Waals surface area contributed by atoms with E-state index in [9.17, 15) is 9.59 Å². The highest BCUT2D eigenvalue weighted by molar-refractivity contribution is 6.03. The molecule has 0 radical (unpaired) electrons. The third kappa shape index (κ3) is 3.93. The summed E-state index contributed by atoms with van der Waals surface area (Å²) < 4.78 is 5.36. The molecular weight excluding hydrogens is 344 g/mol. The number of amides is 2. The summed E-state index contributed by atoms with van der Waals surface area (Å²) in [6, 6.07) is 14.3. The van der Waals surface area contributed by atoms with Gasteiger partial charge in [-0.25, -0.2) is 4.98 Å². The van der Waals surface area contributed by atoms with Gasteiger partial charge >= 0.3 is 0 Å². The molecule has 2 N–H and O–H groups in total. The monoisotopic (exact) mass is 362 g/mol. The van der Waals surface area contributed by atoms with Crippen LogP contribution in [0.2, 0.25) is 0 Å². The molecular formula is C20H18N4O3. The minimum Gasteiger partial charge on any atom is -0.368 e. The second-order valence-corrected chi connectivity index (χ2v) is 6.27. The zero-order valence-corrected chi connectivity index (χ0v) is 14.5. The molecule has 0 unspecified atom stereocenters. The second kappa shape index (κ2) is 7.51. The van der Waals surface area contributed by atoms with Crippen LogP contribution in [-0.4, -0.2) is 34.5 Å². The van der Waals surface area contributed by atoms with E-state index in [0.717, 1.165) is 18.4 Å². The van der Waals surface area contributed by atoms with E-state index in [0.29, 0.717) is 23.5 Å². The van der Waals surface area contributed by atoms with Crippen molar-refractivity contribution in [3.05, 3.63) is 60.4 Å². The van der Waals surface area contributed by atoms with Gasteiger partial charge in [-0.2, -0.15) is 0 Å². The van der Waals surface area contributed by atoms with Gasteiger partial charge in [0.1, 0.15) is 11.8 Å². The summed E-state index contributed by atoms with van der Waals surface area (Å²) in [7, 11) is 0. The van der Waals surface area contributed by atoms with E-state index in [-0.39, 0.29) is 23.6 Å². The van der Waals surface area contributed by atoms with Gasteiger partial charge < -0.3 is 15.4 Å². The molecule has 0 aliphatic carbocycles. The zero-order chi connectivity index (χ0) is 18.6. The van der Waals surface area contributed by atoms with E-state index in [4.69, 9.17) is 4.74 Å². The number of ether oxygens (including phenoxy) is 1. The Morgan fingerprint density at radius 2 is 1.67 bits per heavy atom. The molecule has 2 aromatic carbocycles. The molecule has 27 heavy (non-hydrogen) atoms. The van der Waals surface area contributed by atoms with Crippen LogP contribution in [0.1, 0.15) is 23.3 Å². The summed E-state index contributed by atoms with van der Waals surface area (Å²) >= 11 is 0. The number of benzene rings is 2. The molecule has 0 spiro atoms. The van der Waals surface area contributed by atoms with Crippen molar-refractivity contribution in [1.29, 1.82) is 0 Å². The first kappa shape index (κ1) is 17.1. The average Bonchev–Trinajstić information content (AvgIpc) is 3.24. The van der Waals surface area contributed by atoms with Crippen molar-refractivity contribution in [2.24, 2.45) is 0 Å². The smallest absolute Gasteiger partial charge is 0.275 e. The maximum atomic E-state index is 12.4. The highest BCUT2D eigenvalue weighted by Crippen LogP contribution is 2.18. The Bertz CT molecular complexity index is 982. The molecule has 3 aromatic rings. The third-order valence-electron chi connectivity index (χ3n) is 4.31. The van der Waals surface area contributed by atoms with Crippen molar-refractivity contribution in [3.63, 3.8) is 0 Å². The molecule has 136 valence electrons. The molecule has 1 atom stereocenters. The number of carbonyl (C=O) groups excluding carboxylic acids is 2.